The predicted molar refractivity (Wildman–Crippen MR) is 71.8 cm³/mol. The quantitative estimate of drug-likeness (QED) is 0.341. The van der Waals surface area contributed by atoms with Crippen LogP contribution in [-0.2, 0) is 9.53 Å². The highest BCUT2D eigenvalue weighted by Gasteiger charge is 2.55. The van der Waals surface area contributed by atoms with E-state index in [1.165, 1.54) is 14.0 Å². The second kappa shape index (κ2) is 5.90. The molecule has 1 saturated carbocycles. The first-order valence-electron chi connectivity index (χ1n) is 6.46. The summed E-state index contributed by atoms with van der Waals surface area (Å²) in [7, 11) is 1.52. The van der Waals surface area contributed by atoms with Crippen LogP contribution in [0.25, 0.3) is 0 Å². The molecule has 3 unspecified atom stereocenters. The van der Waals surface area contributed by atoms with Crippen molar-refractivity contribution in [2.75, 3.05) is 7.11 Å². The molecule has 1 fully saturated rings. The Kier molecular flexibility index (Phi) is 4.21. The number of benzene rings is 1. The van der Waals surface area contributed by atoms with E-state index in [1.54, 1.807) is 24.3 Å². The van der Waals surface area contributed by atoms with E-state index >= 15 is 0 Å². The lowest BCUT2D eigenvalue weighted by Crippen LogP contribution is -2.26. The van der Waals surface area contributed by atoms with Crippen molar-refractivity contribution in [2.24, 2.45) is 5.92 Å². The average Bonchev–Trinajstić information content (AvgIpc) is 3.27. The Morgan fingerprint density at radius 1 is 1.33 bits per heavy atom. The molecule has 0 amide bonds. The minimum Gasteiger partial charge on any atom is -0.497 e. The minimum atomic E-state index is -0.973. The number of nitrogens with zero attached hydrogens (tertiary/aromatic N) is 1. The van der Waals surface area contributed by atoms with Gasteiger partial charge < -0.3 is 9.47 Å². The van der Waals surface area contributed by atoms with E-state index in [-0.39, 0.29) is 12.2 Å². The molecule has 2 rings (SSSR count). The zero-order valence-electron chi connectivity index (χ0n) is 11.6. The average molecular weight is 293 g/mol. The zero-order chi connectivity index (χ0) is 15.6. The Hall–Kier alpha value is -2.44. The highest BCUT2D eigenvalue weighted by Crippen LogP contribution is 2.34. The molecule has 0 heterocycles. The Balaban J connectivity index is 1.93. The molecule has 7 nitrogen and oxygen atoms in total. The predicted octanol–water partition coefficient (Wildman–Crippen LogP) is 1.47. The van der Waals surface area contributed by atoms with Gasteiger partial charge in [-0.1, -0.05) is 0 Å². The van der Waals surface area contributed by atoms with E-state index in [1.807, 2.05) is 0 Å². The van der Waals surface area contributed by atoms with Crippen LogP contribution < -0.4 is 4.74 Å². The fraction of sp³-hybridized carbons (Fsp3) is 0.429. The molecule has 21 heavy (non-hydrogen) atoms. The number of hydrogen-bond donors (Lipinski definition) is 0. The van der Waals surface area contributed by atoms with E-state index in [0.717, 1.165) is 0 Å². The van der Waals surface area contributed by atoms with Crippen molar-refractivity contribution < 1.29 is 24.0 Å². The van der Waals surface area contributed by atoms with Crippen LogP contribution in [0, 0.1) is 16.0 Å². The van der Waals surface area contributed by atoms with E-state index < -0.39 is 29.0 Å². The topological polar surface area (TPSA) is 95.7 Å². The Morgan fingerprint density at radius 3 is 2.43 bits per heavy atom. The van der Waals surface area contributed by atoms with Crippen LogP contribution >= 0.6 is 0 Å². The van der Waals surface area contributed by atoms with Gasteiger partial charge in [0, 0.05) is 16.9 Å². The smallest absolute Gasteiger partial charge is 0.316 e. The molecule has 1 aliphatic rings. The lowest BCUT2D eigenvalue weighted by molar-refractivity contribution is -0.497. The molecule has 1 aromatic rings. The summed E-state index contributed by atoms with van der Waals surface area (Å²) in [6.07, 6.45) is -0.797. The summed E-state index contributed by atoms with van der Waals surface area (Å²) in [4.78, 5) is 33.8. The van der Waals surface area contributed by atoms with Crippen LogP contribution in [0.2, 0.25) is 0 Å². The fourth-order valence-corrected chi connectivity index (χ4v) is 1.97. The van der Waals surface area contributed by atoms with Gasteiger partial charge in [0.15, 0.2) is 6.10 Å². The van der Waals surface area contributed by atoms with Gasteiger partial charge in [0.05, 0.1) is 7.11 Å². The summed E-state index contributed by atoms with van der Waals surface area (Å²) in [5, 5.41) is 10.5. The van der Waals surface area contributed by atoms with Crippen LogP contribution in [0.1, 0.15) is 23.7 Å². The van der Waals surface area contributed by atoms with Crippen molar-refractivity contribution in [3.05, 3.63) is 39.9 Å². The number of nitro groups is 1. The second-order valence-corrected chi connectivity index (χ2v) is 4.87. The third kappa shape index (κ3) is 3.36. The summed E-state index contributed by atoms with van der Waals surface area (Å²) < 4.78 is 9.99. The molecule has 0 bridgehead atoms. The Morgan fingerprint density at radius 2 is 1.95 bits per heavy atom. The Bertz CT molecular complexity index is 567. The fourth-order valence-electron chi connectivity index (χ4n) is 1.97. The van der Waals surface area contributed by atoms with Crippen molar-refractivity contribution in [1.82, 2.24) is 0 Å². The summed E-state index contributed by atoms with van der Waals surface area (Å²) in [5.41, 5.74) is 0.387. The molecule has 0 aromatic heterocycles. The molecule has 1 aromatic carbocycles. The molecular weight excluding hydrogens is 278 g/mol. The molecule has 1 aliphatic carbocycles. The SMILES string of the molecule is COc1ccc(C(=O)C(C)OC(=O)C2CC2[N+](=O)[O-])cc1. The van der Waals surface area contributed by atoms with Gasteiger partial charge in [-0.15, -0.1) is 0 Å². The number of hydrogen-bond acceptors (Lipinski definition) is 6. The van der Waals surface area contributed by atoms with Crippen LogP contribution in [0.15, 0.2) is 24.3 Å². The Labute approximate surface area is 121 Å². The minimum absolute atomic E-state index is 0.176. The van der Waals surface area contributed by atoms with Gasteiger partial charge in [-0.2, -0.15) is 0 Å². The molecular formula is C14H15NO6. The van der Waals surface area contributed by atoms with Gasteiger partial charge >= 0.3 is 5.97 Å². The molecule has 7 heteroatoms. The standard InChI is InChI=1S/C14H15NO6/c1-8(21-14(17)11-7-12(11)15(18)19)13(16)9-3-5-10(20-2)6-4-9/h3-6,8,11-12H,7H2,1-2H3. The summed E-state index contributed by atoms with van der Waals surface area (Å²) >= 11 is 0. The summed E-state index contributed by atoms with van der Waals surface area (Å²) in [6, 6.07) is 5.53. The number of Topliss-reactive ketones (excluding diaryl/α,β-unsaturated/α-hetero) is 1. The van der Waals surface area contributed by atoms with Crippen molar-refractivity contribution >= 4 is 11.8 Å². The summed E-state index contributed by atoms with van der Waals surface area (Å²) in [6.45, 7) is 1.45. The maximum atomic E-state index is 12.1. The molecule has 0 aliphatic heterocycles. The molecule has 3 atom stereocenters. The van der Waals surface area contributed by atoms with Crippen LogP contribution in [-0.4, -0.2) is 35.9 Å². The molecule has 112 valence electrons. The number of ether oxygens (including phenoxy) is 2. The first kappa shape index (κ1) is 15.0. The van der Waals surface area contributed by atoms with Gasteiger partial charge in [-0.05, 0) is 31.2 Å². The highest BCUT2D eigenvalue weighted by molar-refractivity contribution is 6.00. The van der Waals surface area contributed by atoms with Crippen molar-refractivity contribution in [3.63, 3.8) is 0 Å². The molecule has 0 radical (unpaired) electrons. The van der Waals surface area contributed by atoms with Gasteiger partial charge in [0.2, 0.25) is 11.8 Å². The van der Waals surface area contributed by atoms with Gasteiger partial charge in [-0.25, -0.2) is 0 Å². The number of ketones is 1. The maximum absolute atomic E-state index is 12.1. The van der Waals surface area contributed by atoms with E-state index in [4.69, 9.17) is 9.47 Å². The monoisotopic (exact) mass is 293 g/mol. The van der Waals surface area contributed by atoms with E-state index in [9.17, 15) is 19.7 Å². The summed E-state index contributed by atoms with van der Waals surface area (Å²) in [5.74, 6) is -1.16. The van der Waals surface area contributed by atoms with Gasteiger partial charge in [-0.3, -0.25) is 19.7 Å². The molecule has 0 N–H and O–H groups in total. The highest BCUT2D eigenvalue weighted by atomic mass is 16.6. The zero-order valence-corrected chi connectivity index (χ0v) is 11.6. The third-order valence-electron chi connectivity index (χ3n) is 3.37. The largest absolute Gasteiger partial charge is 0.497 e. The van der Waals surface area contributed by atoms with Gasteiger partial charge in [0.1, 0.15) is 11.7 Å². The van der Waals surface area contributed by atoms with Crippen molar-refractivity contribution in [3.8, 4) is 5.75 Å². The van der Waals surface area contributed by atoms with E-state index in [0.29, 0.717) is 11.3 Å². The second-order valence-electron chi connectivity index (χ2n) is 4.87. The van der Waals surface area contributed by atoms with Crippen molar-refractivity contribution in [1.29, 1.82) is 0 Å². The van der Waals surface area contributed by atoms with Crippen LogP contribution in [0.3, 0.4) is 0 Å². The first-order valence-corrected chi connectivity index (χ1v) is 6.46. The molecule has 0 spiro atoms. The lowest BCUT2D eigenvalue weighted by Gasteiger charge is -2.12. The first-order chi connectivity index (χ1) is 9.93. The molecule has 0 saturated heterocycles. The van der Waals surface area contributed by atoms with E-state index in [2.05, 4.69) is 0 Å². The number of carbonyl (C=O) groups is 2. The number of methoxy groups -OCH3 is 1. The third-order valence-corrected chi connectivity index (χ3v) is 3.37. The van der Waals surface area contributed by atoms with Crippen molar-refractivity contribution in [2.45, 2.75) is 25.5 Å². The number of carbonyl (C=O) groups excluding carboxylic acids is 2. The number of esters is 1. The maximum Gasteiger partial charge on any atom is 0.316 e. The normalized spacial score (nSPS) is 21.2. The lowest BCUT2D eigenvalue weighted by atomic mass is 10.1. The number of rotatable bonds is 6. The van der Waals surface area contributed by atoms with Crippen LogP contribution in [0.5, 0.6) is 5.75 Å². The van der Waals surface area contributed by atoms with Crippen LogP contribution in [0.4, 0.5) is 0 Å². The van der Waals surface area contributed by atoms with Gasteiger partial charge in [0.25, 0.3) is 0 Å².